The van der Waals surface area contributed by atoms with Gasteiger partial charge >= 0.3 is 5.97 Å². The Kier molecular flexibility index (Phi) is 11.1. The van der Waals surface area contributed by atoms with Crippen molar-refractivity contribution in [1.82, 2.24) is 0 Å². The molecule has 7 fully saturated rings. The van der Waals surface area contributed by atoms with Gasteiger partial charge in [0.1, 0.15) is 24.9 Å². The van der Waals surface area contributed by atoms with E-state index in [0.29, 0.717) is 18.3 Å². The molecule has 14 nitrogen and oxygen atoms in total. The first-order valence-corrected chi connectivity index (χ1v) is 20.9. The SMILES string of the molecule is C[C@H]1O[C@@H](O[C@H]2[C@@H](O)C[C@H](O[C@H]3[C@@H](O)C[C@H](OC4CC[C@@]5(C)C(CC[C@@H]6[C@@H]5CC[C@]5(C)[C@@H](C7=CC(=O)OC7)C(O)C[C@]65O)C4)O[C@@H]3C)O[C@@H]2C)C[C@H](O)[C@@H]1O. The monoisotopic (exact) mass is 780 g/mol. The molecule has 6 N–H and O–H groups in total. The molecule has 0 bridgehead atoms. The van der Waals surface area contributed by atoms with E-state index in [0.717, 1.165) is 50.5 Å². The number of hydrogen-bond acceptors (Lipinski definition) is 14. The van der Waals surface area contributed by atoms with Crippen molar-refractivity contribution in [2.45, 2.75) is 197 Å². The van der Waals surface area contributed by atoms with E-state index in [9.17, 15) is 35.4 Å². The third-order valence-electron chi connectivity index (χ3n) is 15.8. The Morgan fingerprint density at radius 3 is 1.87 bits per heavy atom. The van der Waals surface area contributed by atoms with Crippen LogP contribution in [0.15, 0.2) is 11.6 Å². The summed E-state index contributed by atoms with van der Waals surface area (Å²) in [5.41, 5.74) is -0.686. The van der Waals surface area contributed by atoms with E-state index in [-0.39, 0.29) is 55.2 Å². The van der Waals surface area contributed by atoms with Crippen molar-refractivity contribution < 1.29 is 68.6 Å². The molecule has 4 aliphatic heterocycles. The van der Waals surface area contributed by atoms with Crippen LogP contribution in [0.3, 0.4) is 0 Å². The molecular weight excluding hydrogens is 716 g/mol. The maximum absolute atomic E-state index is 12.6. The third-order valence-corrected chi connectivity index (χ3v) is 15.8. The number of cyclic esters (lactones) is 1. The Bertz CT molecular complexity index is 1410. The summed E-state index contributed by atoms with van der Waals surface area (Å²) >= 11 is 0. The van der Waals surface area contributed by atoms with Crippen LogP contribution in [-0.2, 0) is 38.0 Å². The first-order valence-electron chi connectivity index (χ1n) is 20.9. The van der Waals surface area contributed by atoms with Gasteiger partial charge in [-0.2, -0.15) is 0 Å². The fourth-order valence-electron chi connectivity index (χ4n) is 12.9. The molecule has 21 atom stereocenters. The summed E-state index contributed by atoms with van der Waals surface area (Å²) in [4.78, 5) is 12.0. The van der Waals surface area contributed by atoms with Crippen molar-refractivity contribution in [2.24, 2.45) is 34.5 Å². The standard InChI is InChI=1S/C41H64O14/c1-19-36(47)27(42)14-33(50-19)54-38-21(3)52-34(16-29(38)44)55-37-20(2)51-32(15-28(37)43)53-24-8-10-39(4)23(13-24)6-7-26-25(39)9-11-40(5)35(22-12-31(46)49-18-22)30(45)17-41(26,40)48/h12,19-21,23-30,32-38,42-45,47-48H,6-11,13-18H2,1-5H3/t19-,20-,21-,23?,24?,25+,26-,27+,28+,29+,30?,32+,33+,34+,35+,36-,37-,38-,39+,40-,41+/m1/s1. The molecular formula is C41H64O14. The molecule has 0 aromatic rings. The average molecular weight is 781 g/mol. The van der Waals surface area contributed by atoms with E-state index in [1.165, 1.54) is 6.08 Å². The lowest BCUT2D eigenvalue weighted by Gasteiger charge is -2.63. The predicted molar refractivity (Wildman–Crippen MR) is 193 cm³/mol. The summed E-state index contributed by atoms with van der Waals surface area (Å²) in [6.45, 7) is 9.98. The van der Waals surface area contributed by atoms with Crippen molar-refractivity contribution in [3.63, 3.8) is 0 Å². The molecule has 8 aliphatic rings. The van der Waals surface area contributed by atoms with Gasteiger partial charge in [0.2, 0.25) is 0 Å². The first kappa shape index (κ1) is 40.5. The van der Waals surface area contributed by atoms with Gasteiger partial charge in [-0.3, -0.25) is 0 Å². The summed E-state index contributed by atoms with van der Waals surface area (Å²) in [6, 6.07) is 0. The number of fused-ring (bicyclic) bond motifs is 5. The van der Waals surface area contributed by atoms with Crippen LogP contribution < -0.4 is 0 Å². The van der Waals surface area contributed by atoms with Crippen LogP contribution >= 0.6 is 0 Å². The quantitative estimate of drug-likeness (QED) is 0.162. The van der Waals surface area contributed by atoms with E-state index in [1.807, 2.05) is 6.92 Å². The van der Waals surface area contributed by atoms with Crippen molar-refractivity contribution in [2.75, 3.05) is 6.61 Å². The highest BCUT2D eigenvalue weighted by atomic mass is 16.7. The van der Waals surface area contributed by atoms with Gasteiger partial charge < -0.3 is 63.8 Å². The molecule has 8 rings (SSSR count). The minimum atomic E-state index is -1.01. The van der Waals surface area contributed by atoms with E-state index in [4.69, 9.17) is 33.2 Å². The summed E-state index contributed by atoms with van der Waals surface area (Å²) < 4.78 is 42.1. The van der Waals surface area contributed by atoms with Gasteiger partial charge in [-0.05, 0) is 94.5 Å². The Hall–Kier alpha value is -1.27. The third kappa shape index (κ3) is 7.05. The Morgan fingerprint density at radius 1 is 0.691 bits per heavy atom. The number of carbonyl (C=O) groups excluding carboxylic acids is 1. The number of ether oxygens (including phenoxy) is 7. The fraction of sp³-hybridized carbons (Fsp3) is 0.927. The fourth-order valence-corrected chi connectivity index (χ4v) is 12.9. The van der Waals surface area contributed by atoms with Crippen LogP contribution in [0, 0.1) is 34.5 Å². The van der Waals surface area contributed by atoms with Crippen LogP contribution in [0.25, 0.3) is 0 Å². The molecule has 0 amide bonds. The van der Waals surface area contributed by atoms with Crippen molar-refractivity contribution >= 4 is 5.97 Å². The number of aliphatic hydroxyl groups is 6. The maximum atomic E-state index is 12.6. The zero-order valence-electron chi connectivity index (χ0n) is 32.9. The Morgan fingerprint density at radius 2 is 1.29 bits per heavy atom. The van der Waals surface area contributed by atoms with E-state index < -0.39 is 90.9 Å². The maximum Gasteiger partial charge on any atom is 0.331 e. The molecule has 0 aromatic heterocycles. The second-order valence-corrected chi connectivity index (χ2v) is 18.9. The zero-order valence-corrected chi connectivity index (χ0v) is 32.9. The predicted octanol–water partition coefficient (Wildman–Crippen LogP) is 2.22. The van der Waals surface area contributed by atoms with Gasteiger partial charge in [-0.15, -0.1) is 0 Å². The van der Waals surface area contributed by atoms with Gasteiger partial charge in [0.15, 0.2) is 18.9 Å². The summed E-state index contributed by atoms with van der Waals surface area (Å²) in [5.74, 6) is 0.174. The van der Waals surface area contributed by atoms with Gasteiger partial charge in [-0.1, -0.05) is 13.8 Å². The molecule has 4 aliphatic carbocycles. The molecule has 0 aromatic carbocycles. The number of esters is 1. The topological polar surface area (TPSA) is 203 Å². The van der Waals surface area contributed by atoms with Crippen molar-refractivity contribution in [1.29, 1.82) is 0 Å². The minimum Gasteiger partial charge on any atom is -0.458 e. The molecule has 55 heavy (non-hydrogen) atoms. The lowest BCUT2D eigenvalue weighted by Crippen LogP contribution is -2.62. The number of aliphatic hydroxyl groups excluding tert-OH is 5. The molecule has 3 saturated heterocycles. The number of hydrogen-bond donors (Lipinski definition) is 6. The molecule has 312 valence electrons. The second kappa shape index (κ2) is 15.1. The molecule has 4 heterocycles. The average Bonchev–Trinajstić information content (AvgIpc) is 3.62. The summed E-state index contributed by atoms with van der Waals surface area (Å²) in [5, 5.41) is 66.3. The highest BCUT2D eigenvalue weighted by molar-refractivity contribution is 5.85. The number of carbonyl (C=O) groups is 1. The molecule has 0 radical (unpaired) electrons. The van der Waals surface area contributed by atoms with Crippen LogP contribution in [-0.4, -0.2) is 135 Å². The lowest BCUT2D eigenvalue weighted by atomic mass is 9.43. The van der Waals surface area contributed by atoms with Crippen molar-refractivity contribution in [3.8, 4) is 0 Å². The minimum absolute atomic E-state index is 0.0203. The molecule has 0 spiro atoms. The molecule has 3 unspecified atom stereocenters. The highest BCUT2D eigenvalue weighted by Gasteiger charge is 2.70. The molecule has 14 heteroatoms. The van der Waals surface area contributed by atoms with Crippen LogP contribution in [0.1, 0.15) is 105 Å². The van der Waals surface area contributed by atoms with Crippen LogP contribution in [0.4, 0.5) is 0 Å². The first-order chi connectivity index (χ1) is 26.0. The van der Waals surface area contributed by atoms with Gasteiger partial charge in [0.05, 0.1) is 54.4 Å². The normalized spacial score (nSPS) is 55.5. The summed E-state index contributed by atoms with van der Waals surface area (Å²) in [6.07, 6.45) is -1.26. The smallest absolute Gasteiger partial charge is 0.331 e. The van der Waals surface area contributed by atoms with Gasteiger partial charge in [0.25, 0.3) is 0 Å². The summed E-state index contributed by atoms with van der Waals surface area (Å²) in [7, 11) is 0. The van der Waals surface area contributed by atoms with Gasteiger partial charge in [0, 0.05) is 43.1 Å². The Labute approximate surface area is 323 Å². The van der Waals surface area contributed by atoms with Crippen molar-refractivity contribution in [3.05, 3.63) is 11.6 Å². The zero-order chi connectivity index (χ0) is 39.2. The molecule has 4 saturated carbocycles. The van der Waals surface area contributed by atoms with Gasteiger partial charge in [-0.25, -0.2) is 4.79 Å². The largest absolute Gasteiger partial charge is 0.458 e. The van der Waals surface area contributed by atoms with Crippen LogP contribution in [0.2, 0.25) is 0 Å². The number of rotatable bonds is 7. The van der Waals surface area contributed by atoms with E-state index in [1.54, 1.807) is 13.8 Å². The van der Waals surface area contributed by atoms with E-state index >= 15 is 0 Å². The second-order valence-electron chi connectivity index (χ2n) is 18.9. The lowest BCUT2D eigenvalue weighted by molar-refractivity contribution is -0.336. The van der Waals surface area contributed by atoms with Crippen LogP contribution in [0.5, 0.6) is 0 Å². The Balaban J connectivity index is 0.834. The highest BCUT2D eigenvalue weighted by Crippen LogP contribution is 2.70. The van der Waals surface area contributed by atoms with E-state index in [2.05, 4.69) is 13.8 Å².